The summed E-state index contributed by atoms with van der Waals surface area (Å²) in [5.74, 6) is 0. The lowest BCUT2D eigenvalue weighted by Crippen LogP contribution is -2.39. The Morgan fingerprint density at radius 1 is 1.27 bits per heavy atom. The summed E-state index contributed by atoms with van der Waals surface area (Å²) in [6, 6.07) is 8.25. The van der Waals surface area contributed by atoms with Crippen LogP contribution < -0.4 is 5.32 Å². The van der Waals surface area contributed by atoms with Gasteiger partial charge in [-0.05, 0) is 54.0 Å². The van der Waals surface area contributed by atoms with Crippen molar-refractivity contribution < 1.29 is 14.3 Å². The fourth-order valence-corrected chi connectivity index (χ4v) is 3.65. The lowest BCUT2D eigenvalue weighted by atomic mass is 9.96. The van der Waals surface area contributed by atoms with E-state index in [2.05, 4.69) is 27.9 Å². The van der Waals surface area contributed by atoms with Gasteiger partial charge in [0.15, 0.2) is 0 Å². The van der Waals surface area contributed by atoms with Crippen molar-refractivity contribution in [1.29, 1.82) is 0 Å². The van der Waals surface area contributed by atoms with E-state index >= 15 is 0 Å². The van der Waals surface area contributed by atoms with E-state index < -0.39 is 0 Å². The third-order valence-electron chi connectivity index (χ3n) is 4.11. The first-order valence-electron chi connectivity index (χ1n) is 7.86. The van der Waals surface area contributed by atoms with Gasteiger partial charge in [0, 0.05) is 16.7 Å². The molecule has 122 valence electrons. The second-order valence-corrected chi connectivity index (χ2v) is 6.93. The molecule has 2 atom stereocenters. The highest BCUT2D eigenvalue weighted by molar-refractivity contribution is 14.1. The molecule has 1 unspecified atom stereocenters. The maximum atomic E-state index is 12.1. The van der Waals surface area contributed by atoms with E-state index in [9.17, 15) is 4.79 Å². The number of methoxy groups -OCH3 is 1. The Morgan fingerprint density at radius 2 is 1.95 bits per heavy atom. The predicted molar refractivity (Wildman–Crippen MR) is 94.9 cm³/mol. The van der Waals surface area contributed by atoms with Crippen molar-refractivity contribution >= 4 is 28.7 Å². The zero-order valence-corrected chi connectivity index (χ0v) is 15.3. The predicted octanol–water partition coefficient (Wildman–Crippen LogP) is 4.43. The molecule has 0 radical (unpaired) electrons. The van der Waals surface area contributed by atoms with Crippen LogP contribution in [0.25, 0.3) is 0 Å². The first-order chi connectivity index (χ1) is 10.6. The monoisotopic (exact) mass is 417 g/mol. The summed E-state index contributed by atoms with van der Waals surface area (Å²) in [6.45, 7) is 1.87. The Hall–Kier alpha value is -0.820. The van der Waals surface area contributed by atoms with Gasteiger partial charge in [0.25, 0.3) is 0 Å². The molecule has 0 spiro atoms. The molecule has 1 aliphatic rings. The van der Waals surface area contributed by atoms with Gasteiger partial charge in [-0.1, -0.05) is 37.5 Å². The fourth-order valence-electron chi connectivity index (χ4n) is 2.96. The lowest BCUT2D eigenvalue weighted by Gasteiger charge is -2.27. The second kappa shape index (κ2) is 8.72. The molecule has 0 aromatic heterocycles. The van der Waals surface area contributed by atoms with Gasteiger partial charge < -0.3 is 14.8 Å². The van der Waals surface area contributed by atoms with Crippen molar-refractivity contribution in [2.24, 2.45) is 0 Å². The number of carbonyl (C=O) groups excluding carboxylic acids is 1. The smallest absolute Gasteiger partial charge is 0.407 e. The van der Waals surface area contributed by atoms with Crippen LogP contribution >= 0.6 is 22.6 Å². The molecule has 1 aliphatic carbocycles. The Balaban J connectivity index is 1.92. The second-order valence-electron chi connectivity index (χ2n) is 5.77. The van der Waals surface area contributed by atoms with Crippen LogP contribution in [0.1, 0.15) is 50.7 Å². The Bertz CT molecular complexity index is 489. The van der Waals surface area contributed by atoms with Gasteiger partial charge in [-0.2, -0.15) is 0 Å². The number of hydrogen-bond donors (Lipinski definition) is 1. The molecule has 0 saturated heterocycles. The summed E-state index contributed by atoms with van der Waals surface area (Å²) in [5.41, 5.74) is 1.04. The van der Waals surface area contributed by atoms with Crippen LogP contribution in [0.15, 0.2) is 24.3 Å². The number of alkyl carbamates (subject to hydrolysis) is 1. The summed E-state index contributed by atoms with van der Waals surface area (Å²) in [4.78, 5) is 12.1. The van der Waals surface area contributed by atoms with E-state index in [1.807, 2.05) is 31.2 Å². The van der Waals surface area contributed by atoms with Gasteiger partial charge in [-0.3, -0.25) is 0 Å². The molecular weight excluding hydrogens is 393 g/mol. The van der Waals surface area contributed by atoms with Gasteiger partial charge in [0.1, 0.15) is 12.2 Å². The average Bonchev–Trinajstić information content (AvgIpc) is 2.50. The van der Waals surface area contributed by atoms with Gasteiger partial charge in [0.2, 0.25) is 0 Å². The minimum absolute atomic E-state index is 0.256. The minimum atomic E-state index is -0.343. The highest BCUT2D eigenvalue weighted by Crippen LogP contribution is 2.27. The molecule has 1 amide bonds. The van der Waals surface area contributed by atoms with E-state index in [4.69, 9.17) is 9.47 Å². The lowest BCUT2D eigenvalue weighted by molar-refractivity contribution is -0.0163. The van der Waals surface area contributed by atoms with Crippen molar-refractivity contribution in [1.82, 2.24) is 5.32 Å². The normalized spacial score (nSPS) is 18.5. The Labute approximate surface area is 146 Å². The van der Waals surface area contributed by atoms with E-state index in [0.29, 0.717) is 0 Å². The fraction of sp³-hybridized carbons (Fsp3) is 0.588. The average molecular weight is 417 g/mol. The Morgan fingerprint density at radius 3 is 2.59 bits per heavy atom. The quantitative estimate of drug-likeness (QED) is 0.722. The van der Waals surface area contributed by atoms with Gasteiger partial charge in [0.05, 0.1) is 0 Å². The molecule has 1 saturated carbocycles. The van der Waals surface area contributed by atoms with Gasteiger partial charge in [-0.25, -0.2) is 4.79 Å². The molecule has 0 aliphatic heterocycles. The van der Waals surface area contributed by atoms with Crippen LogP contribution in [0.3, 0.4) is 0 Å². The van der Waals surface area contributed by atoms with E-state index in [0.717, 1.165) is 22.0 Å². The molecule has 5 heteroatoms. The molecule has 4 nitrogen and oxygen atoms in total. The number of halogens is 1. The maximum Gasteiger partial charge on any atom is 0.407 e. The van der Waals surface area contributed by atoms with E-state index in [1.54, 1.807) is 7.11 Å². The highest BCUT2D eigenvalue weighted by atomic mass is 127. The van der Waals surface area contributed by atoms with E-state index in [1.165, 1.54) is 19.3 Å². The third kappa shape index (κ3) is 4.84. The van der Waals surface area contributed by atoms with Crippen LogP contribution in [0.4, 0.5) is 4.79 Å². The van der Waals surface area contributed by atoms with Gasteiger partial charge in [-0.15, -0.1) is 0 Å². The van der Waals surface area contributed by atoms with Crippen LogP contribution in [-0.4, -0.2) is 25.3 Å². The topological polar surface area (TPSA) is 47.6 Å². The number of carbonyl (C=O) groups is 1. The first kappa shape index (κ1) is 17.5. The van der Waals surface area contributed by atoms with Crippen molar-refractivity contribution in [2.45, 2.75) is 57.3 Å². The highest BCUT2D eigenvalue weighted by Gasteiger charge is 2.25. The summed E-state index contributed by atoms with van der Waals surface area (Å²) >= 11 is 2.27. The van der Waals surface area contributed by atoms with Crippen molar-refractivity contribution in [2.75, 3.05) is 7.11 Å². The van der Waals surface area contributed by atoms with Gasteiger partial charge >= 0.3 is 6.09 Å². The summed E-state index contributed by atoms with van der Waals surface area (Å²) in [6.07, 6.45) is 4.79. The number of benzene rings is 1. The van der Waals surface area contributed by atoms with Crippen molar-refractivity contribution in [3.05, 3.63) is 33.4 Å². The minimum Gasteiger partial charge on any atom is -0.443 e. The van der Waals surface area contributed by atoms with E-state index in [-0.39, 0.29) is 24.3 Å². The number of nitrogens with one attached hydrogen (secondary N) is 1. The SMILES string of the molecule is CO[C@@H](c1ccccc1I)C(C)OC(=O)NC1CCCCC1. The number of rotatable bonds is 5. The molecule has 22 heavy (non-hydrogen) atoms. The molecule has 2 rings (SSSR count). The number of hydrogen-bond acceptors (Lipinski definition) is 3. The standard InChI is InChI=1S/C17H24INO3/c1-12(16(21-2)14-10-6-7-11-15(14)18)22-17(20)19-13-8-4-3-5-9-13/h6-7,10-13,16H,3-5,8-9H2,1-2H3,(H,19,20)/t12?,16-/m1/s1. The van der Waals surface area contributed by atoms with Crippen molar-refractivity contribution in [3.63, 3.8) is 0 Å². The van der Waals surface area contributed by atoms with Crippen LogP contribution in [0, 0.1) is 3.57 Å². The van der Waals surface area contributed by atoms with Crippen molar-refractivity contribution in [3.8, 4) is 0 Å². The summed E-state index contributed by atoms with van der Waals surface area (Å²) in [5, 5.41) is 2.98. The molecular formula is C17H24INO3. The number of ether oxygens (including phenoxy) is 2. The summed E-state index contributed by atoms with van der Waals surface area (Å²) < 4.78 is 12.2. The molecule has 1 aromatic rings. The zero-order valence-electron chi connectivity index (χ0n) is 13.2. The molecule has 1 fully saturated rings. The summed E-state index contributed by atoms with van der Waals surface area (Å²) in [7, 11) is 1.65. The zero-order chi connectivity index (χ0) is 15.9. The maximum absolute atomic E-state index is 12.1. The van der Waals surface area contributed by atoms with Crippen LogP contribution in [-0.2, 0) is 9.47 Å². The first-order valence-corrected chi connectivity index (χ1v) is 8.94. The van der Waals surface area contributed by atoms with Crippen LogP contribution in [0.5, 0.6) is 0 Å². The largest absolute Gasteiger partial charge is 0.443 e. The molecule has 1 N–H and O–H groups in total. The molecule has 1 aromatic carbocycles. The number of amides is 1. The molecule has 0 bridgehead atoms. The van der Waals surface area contributed by atoms with Crippen LogP contribution in [0.2, 0.25) is 0 Å². The molecule has 0 heterocycles. The Kier molecular flexibility index (Phi) is 6.95. The third-order valence-corrected chi connectivity index (χ3v) is 5.09.